The summed E-state index contributed by atoms with van der Waals surface area (Å²) in [7, 11) is 0. The molecule has 118 valence electrons. The average Bonchev–Trinajstić information content (AvgIpc) is 3.01. The smallest absolute Gasteiger partial charge is 0.334 e. The maximum Gasteiger partial charge on any atom is 0.433 e. The highest BCUT2D eigenvalue weighted by molar-refractivity contribution is 7.98. The van der Waals surface area contributed by atoms with E-state index in [-0.39, 0.29) is 11.5 Å². The molecule has 0 fully saturated rings. The van der Waals surface area contributed by atoms with Crippen molar-refractivity contribution < 1.29 is 13.2 Å². The zero-order chi connectivity index (χ0) is 16.4. The fourth-order valence-electron chi connectivity index (χ4n) is 2.27. The number of alkyl halides is 3. The number of thioether (sulfide) groups is 1. The van der Waals surface area contributed by atoms with Crippen molar-refractivity contribution in [1.29, 1.82) is 0 Å². The van der Waals surface area contributed by atoms with Crippen LogP contribution in [0.2, 0.25) is 0 Å². The molecule has 0 saturated heterocycles. The lowest BCUT2D eigenvalue weighted by Gasteiger charge is -2.06. The van der Waals surface area contributed by atoms with Crippen LogP contribution in [0.1, 0.15) is 5.69 Å². The van der Waals surface area contributed by atoms with Crippen LogP contribution in [0.5, 0.6) is 0 Å². The van der Waals surface area contributed by atoms with Gasteiger partial charge >= 0.3 is 6.18 Å². The molecule has 0 radical (unpaired) electrons. The lowest BCUT2D eigenvalue weighted by molar-refractivity contribution is -0.140. The van der Waals surface area contributed by atoms with Gasteiger partial charge in [-0.25, -0.2) is 4.98 Å². The highest BCUT2D eigenvalue weighted by Crippen LogP contribution is 2.37. The van der Waals surface area contributed by atoms with Crippen molar-refractivity contribution in [1.82, 2.24) is 9.97 Å². The highest BCUT2D eigenvalue weighted by atomic mass is 32.2. The van der Waals surface area contributed by atoms with Gasteiger partial charge in [-0.2, -0.15) is 13.2 Å². The normalized spacial score (nSPS) is 11.7. The minimum Gasteiger partial charge on any atom is -0.334 e. The molecule has 0 aliphatic rings. The summed E-state index contributed by atoms with van der Waals surface area (Å²) >= 11 is 1.57. The van der Waals surface area contributed by atoms with Crippen molar-refractivity contribution in [3.8, 4) is 22.6 Å². The molecule has 0 saturated carbocycles. The largest absolute Gasteiger partial charge is 0.433 e. The van der Waals surface area contributed by atoms with E-state index in [9.17, 15) is 13.2 Å². The van der Waals surface area contributed by atoms with Crippen LogP contribution in [0.3, 0.4) is 0 Å². The Balaban J connectivity index is 2.11. The summed E-state index contributed by atoms with van der Waals surface area (Å²) in [6, 6.07) is 15.6. The Labute approximate surface area is 135 Å². The summed E-state index contributed by atoms with van der Waals surface area (Å²) in [5, 5.41) is 0. The molecule has 3 aromatic rings. The molecule has 3 rings (SSSR count). The lowest BCUT2D eigenvalue weighted by Crippen LogP contribution is -2.07. The number of aromatic nitrogens is 2. The van der Waals surface area contributed by atoms with Crippen LogP contribution in [0, 0.1) is 0 Å². The number of nitrogens with one attached hydrogen (secondary N) is 1. The van der Waals surface area contributed by atoms with Crippen molar-refractivity contribution in [2.45, 2.75) is 11.1 Å². The summed E-state index contributed by atoms with van der Waals surface area (Å²) < 4.78 is 39.9. The molecular formula is C17H13F3N2S. The maximum atomic E-state index is 13.3. The number of H-pyrrole nitrogens is 1. The maximum absolute atomic E-state index is 13.3. The molecule has 0 bridgehead atoms. The van der Waals surface area contributed by atoms with Gasteiger partial charge in [0.05, 0.1) is 0 Å². The van der Waals surface area contributed by atoms with Crippen LogP contribution in [-0.2, 0) is 6.18 Å². The average molecular weight is 334 g/mol. The van der Waals surface area contributed by atoms with Gasteiger partial charge in [0.1, 0.15) is 17.2 Å². The Bertz CT molecular complexity index is 793. The van der Waals surface area contributed by atoms with Crippen LogP contribution < -0.4 is 0 Å². The first-order valence-electron chi connectivity index (χ1n) is 6.86. The molecule has 2 aromatic carbocycles. The Kier molecular flexibility index (Phi) is 4.17. The molecule has 1 aromatic heterocycles. The van der Waals surface area contributed by atoms with Crippen molar-refractivity contribution in [3.05, 3.63) is 60.3 Å². The molecule has 0 aliphatic heterocycles. The Hall–Kier alpha value is -2.21. The van der Waals surface area contributed by atoms with Gasteiger partial charge in [0.15, 0.2) is 0 Å². The Morgan fingerprint density at radius 1 is 0.913 bits per heavy atom. The predicted molar refractivity (Wildman–Crippen MR) is 86.2 cm³/mol. The molecular weight excluding hydrogens is 321 g/mol. The van der Waals surface area contributed by atoms with E-state index in [1.807, 2.05) is 18.4 Å². The fourth-order valence-corrected chi connectivity index (χ4v) is 2.68. The monoisotopic (exact) mass is 334 g/mol. The van der Waals surface area contributed by atoms with Crippen LogP contribution in [0.4, 0.5) is 13.2 Å². The van der Waals surface area contributed by atoms with Gasteiger partial charge in [-0.05, 0) is 18.4 Å². The number of hydrogen-bond acceptors (Lipinski definition) is 2. The molecule has 2 nitrogen and oxygen atoms in total. The van der Waals surface area contributed by atoms with Gasteiger partial charge in [-0.15, -0.1) is 11.8 Å². The van der Waals surface area contributed by atoms with Gasteiger partial charge in [0.25, 0.3) is 0 Å². The van der Waals surface area contributed by atoms with Crippen LogP contribution in [-0.4, -0.2) is 16.2 Å². The first-order valence-corrected chi connectivity index (χ1v) is 8.08. The number of imidazole rings is 1. The third-order valence-electron chi connectivity index (χ3n) is 3.40. The molecule has 1 heterocycles. The van der Waals surface area contributed by atoms with Crippen molar-refractivity contribution in [2.75, 3.05) is 6.26 Å². The molecule has 23 heavy (non-hydrogen) atoms. The van der Waals surface area contributed by atoms with E-state index in [1.54, 1.807) is 54.2 Å². The first kappa shape index (κ1) is 15.7. The van der Waals surface area contributed by atoms with E-state index in [2.05, 4.69) is 9.97 Å². The van der Waals surface area contributed by atoms with Gasteiger partial charge in [0.2, 0.25) is 0 Å². The molecule has 1 N–H and O–H groups in total. The molecule has 0 atom stereocenters. The van der Waals surface area contributed by atoms with E-state index < -0.39 is 11.9 Å². The topological polar surface area (TPSA) is 28.7 Å². The van der Waals surface area contributed by atoms with Crippen LogP contribution in [0.15, 0.2) is 59.5 Å². The van der Waals surface area contributed by atoms with Gasteiger partial charge in [0, 0.05) is 16.0 Å². The highest BCUT2D eigenvalue weighted by Gasteiger charge is 2.37. The van der Waals surface area contributed by atoms with E-state index in [0.29, 0.717) is 11.1 Å². The summed E-state index contributed by atoms with van der Waals surface area (Å²) in [5.74, 6) is 0.212. The molecule has 0 spiro atoms. The second kappa shape index (κ2) is 6.12. The molecule has 0 amide bonds. The number of aromatic amines is 1. The van der Waals surface area contributed by atoms with Crippen LogP contribution in [0.25, 0.3) is 22.6 Å². The van der Waals surface area contributed by atoms with Gasteiger partial charge in [-0.1, -0.05) is 42.5 Å². The quantitative estimate of drug-likeness (QED) is 0.642. The third-order valence-corrected chi connectivity index (χ3v) is 4.14. The number of nitrogens with zero attached hydrogens (tertiary/aromatic N) is 1. The summed E-state index contributed by atoms with van der Waals surface area (Å²) in [5.41, 5.74) is 0.147. The fraction of sp³-hybridized carbons (Fsp3) is 0.118. The zero-order valence-corrected chi connectivity index (χ0v) is 13.0. The van der Waals surface area contributed by atoms with Crippen molar-refractivity contribution in [3.63, 3.8) is 0 Å². The first-order chi connectivity index (χ1) is 11.0. The number of benzene rings is 2. The predicted octanol–water partition coefficient (Wildman–Crippen LogP) is 5.48. The summed E-state index contributed by atoms with van der Waals surface area (Å²) in [6.07, 6.45) is -2.55. The van der Waals surface area contributed by atoms with E-state index in [0.717, 1.165) is 4.90 Å². The third kappa shape index (κ3) is 3.27. The summed E-state index contributed by atoms with van der Waals surface area (Å²) in [6.45, 7) is 0. The number of hydrogen-bond donors (Lipinski definition) is 1. The minimum atomic E-state index is -4.49. The van der Waals surface area contributed by atoms with Gasteiger partial charge < -0.3 is 4.98 Å². The minimum absolute atomic E-state index is 0.0814. The van der Waals surface area contributed by atoms with E-state index in [4.69, 9.17) is 0 Å². The summed E-state index contributed by atoms with van der Waals surface area (Å²) in [4.78, 5) is 7.66. The molecule has 6 heteroatoms. The second-order valence-corrected chi connectivity index (χ2v) is 5.78. The Morgan fingerprint density at radius 3 is 2.13 bits per heavy atom. The SMILES string of the molecule is CSc1ccc(-c2nc(-c3ccccc3)c(C(F)(F)F)[nH]2)cc1. The van der Waals surface area contributed by atoms with Crippen LogP contribution >= 0.6 is 11.8 Å². The standard InChI is InChI=1S/C17H13F3N2S/c1-23-13-9-7-12(8-10-13)16-21-14(11-5-3-2-4-6-11)15(22-16)17(18,19)20/h2-10H,1H3,(H,21,22). The van der Waals surface area contributed by atoms with E-state index in [1.165, 1.54) is 0 Å². The second-order valence-electron chi connectivity index (χ2n) is 4.90. The number of halogens is 3. The van der Waals surface area contributed by atoms with Gasteiger partial charge in [-0.3, -0.25) is 0 Å². The van der Waals surface area contributed by atoms with E-state index >= 15 is 0 Å². The van der Waals surface area contributed by atoms with Crippen molar-refractivity contribution in [2.24, 2.45) is 0 Å². The van der Waals surface area contributed by atoms with Crippen molar-refractivity contribution >= 4 is 11.8 Å². The number of rotatable bonds is 3. The zero-order valence-electron chi connectivity index (χ0n) is 12.2. The molecule has 0 unspecified atom stereocenters. The molecule has 0 aliphatic carbocycles. The Morgan fingerprint density at radius 2 is 1.57 bits per heavy atom. The lowest BCUT2D eigenvalue weighted by atomic mass is 10.1.